The Hall–Kier alpha value is -1.72. The van der Waals surface area contributed by atoms with Crippen molar-refractivity contribution in [1.82, 2.24) is 29.8 Å². The number of imidazole rings is 1. The van der Waals surface area contributed by atoms with Gasteiger partial charge in [0.25, 0.3) is 0 Å². The molecular formula is C15H24N6. The quantitative estimate of drug-likeness (QED) is 0.848. The molecule has 0 saturated heterocycles. The van der Waals surface area contributed by atoms with Crippen LogP contribution in [-0.2, 0) is 24.9 Å². The first kappa shape index (κ1) is 14.2. The van der Waals surface area contributed by atoms with E-state index < -0.39 is 0 Å². The molecule has 0 saturated carbocycles. The van der Waals surface area contributed by atoms with Crippen LogP contribution in [0.3, 0.4) is 0 Å². The molecule has 114 valence electrons. The van der Waals surface area contributed by atoms with Gasteiger partial charge in [-0.1, -0.05) is 13.8 Å². The summed E-state index contributed by atoms with van der Waals surface area (Å²) in [6.07, 6.45) is 4.11. The van der Waals surface area contributed by atoms with Gasteiger partial charge >= 0.3 is 0 Å². The molecule has 2 atom stereocenters. The number of hydrogen-bond donors (Lipinski definition) is 0. The Morgan fingerprint density at radius 3 is 2.62 bits per heavy atom. The van der Waals surface area contributed by atoms with Gasteiger partial charge in [-0.3, -0.25) is 0 Å². The van der Waals surface area contributed by atoms with Crippen LogP contribution in [0.2, 0.25) is 0 Å². The number of fused-ring (bicyclic) bond motifs is 1. The SMILES string of the molecule is CC1Cc2ncn(Cc3nnnn3C(C)(C)C)c2CC1C. The maximum Gasteiger partial charge on any atom is 0.171 e. The summed E-state index contributed by atoms with van der Waals surface area (Å²) >= 11 is 0. The summed E-state index contributed by atoms with van der Waals surface area (Å²) in [4.78, 5) is 4.60. The van der Waals surface area contributed by atoms with Gasteiger partial charge in [0.05, 0.1) is 24.1 Å². The lowest BCUT2D eigenvalue weighted by atomic mass is 9.82. The number of rotatable bonds is 2. The van der Waals surface area contributed by atoms with E-state index in [4.69, 9.17) is 0 Å². The van der Waals surface area contributed by atoms with Crippen LogP contribution in [0.4, 0.5) is 0 Å². The average molecular weight is 288 g/mol. The van der Waals surface area contributed by atoms with E-state index in [0.717, 1.165) is 18.7 Å². The number of nitrogens with zero attached hydrogens (tertiary/aromatic N) is 6. The highest BCUT2D eigenvalue weighted by Crippen LogP contribution is 2.29. The molecule has 2 heterocycles. The largest absolute Gasteiger partial charge is 0.327 e. The van der Waals surface area contributed by atoms with Crippen LogP contribution in [0, 0.1) is 11.8 Å². The van der Waals surface area contributed by atoms with Gasteiger partial charge in [0.1, 0.15) is 0 Å². The van der Waals surface area contributed by atoms with Crippen molar-refractivity contribution in [1.29, 1.82) is 0 Å². The van der Waals surface area contributed by atoms with E-state index in [-0.39, 0.29) is 5.54 Å². The topological polar surface area (TPSA) is 61.4 Å². The fourth-order valence-corrected chi connectivity index (χ4v) is 2.98. The summed E-state index contributed by atoms with van der Waals surface area (Å²) in [6.45, 7) is 11.7. The summed E-state index contributed by atoms with van der Waals surface area (Å²) in [5.74, 6) is 2.29. The maximum absolute atomic E-state index is 4.60. The Morgan fingerprint density at radius 2 is 1.90 bits per heavy atom. The third-order valence-electron chi connectivity index (χ3n) is 4.52. The van der Waals surface area contributed by atoms with E-state index in [1.165, 1.54) is 11.4 Å². The van der Waals surface area contributed by atoms with Gasteiger partial charge in [0, 0.05) is 5.69 Å². The Bertz CT molecular complexity index is 633. The van der Waals surface area contributed by atoms with Gasteiger partial charge in [-0.05, 0) is 55.9 Å². The zero-order chi connectivity index (χ0) is 15.2. The summed E-state index contributed by atoms with van der Waals surface area (Å²) in [5.41, 5.74) is 2.49. The van der Waals surface area contributed by atoms with Crippen LogP contribution in [0.1, 0.15) is 51.8 Å². The lowest BCUT2D eigenvalue weighted by Gasteiger charge is -2.26. The third kappa shape index (κ3) is 2.59. The van der Waals surface area contributed by atoms with Crippen molar-refractivity contribution in [2.45, 2.75) is 59.5 Å². The predicted octanol–water partition coefficient (Wildman–Crippen LogP) is 2.04. The van der Waals surface area contributed by atoms with Crippen molar-refractivity contribution >= 4 is 0 Å². The Morgan fingerprint density at radius 1 is 1.19 bits per heavy atom. The van der Waals surface area contributed by atoms with Crippen molar-refractivity contribution < 1.29 is 0 Å². The summed E-state index contributed by atoms with van der Waals surface area (Å²) in [5, 5.41) is 12.2. The van der Waals surface area contributed by atoms with E-state index in [1.54, 1.807) is 0 Å². The highest BCUT2D eigenvalue weighted by atomic mass is 15.6. The van der Waals surface area contributed by atoms with E-state index in [1.807, 2.05) is 11.0 Å². The second kappa shape index (κ2) is 4.93. The Balaban J connectivity index is 1.89. The third-order valence-corrected chi connectivity index (χ3v) is 4.52. The Kier molecular flexibility index (Phi) is 3.34. The summed E-state index contributed by atoms with van der Waals surface area (Å²) < 4.78 is 4.11. The summed E-state index contributed by atoms with van der Waals surface area (Å²) in [6, 6.07) is 0. The zero-order valence-corrected chi connectivity index (χ0v) is 13.5. The normalized spacial score (nSPS) is 22.3. The van der Waals surface area contributed by atoms with Crippen LogP contribution in [0.15, 0.2) is 6.33 Å². The van der Waals surface area contributed by atoms with Gasteiger partial charge in [0.15, 0.2) is 5.82 Å². The minimum absolute atomic E-state index is 0.110. The van der Waals surface area contributed by atoms with Gasteiger partial charge in [-0.25, -0.2) is 9.67 Å². The van der Waals surface area contributed by atoms with Crippen molar-refractivity contribution in [2.24, 2.45) is 11.8 Å². The molecule has 21 heavy (non-hydrogen) atoms. The molecule has 1 aliphatic rings. The molecule has 3 rings (SSSR count). The van der Waals surface area contributed by atoms with Crippen LogP contribution < -0.4 is 0 Å². The van der Waals surface area contributed by atoms with E-state index in [9.17, 15) is 0 Å². The number of aromatic nitrogens is 6. The molecule has 2 aromatic rings. The molecular weight excluding hydrogens is 264 g/mol. The molecule has 0 bridgehead atoms. The molecule has 0 fully saturated rings. The van der Waals surface area contributed by atoms with Crippen LogP contribution in [-0.4, -0.2) is 29.8 Å². The van der Waals surface area contributed by atoms with Gasteiger partial charge in [-0.2, -0.15) is 0 Å². The zero-order valence-electron chi connectivity index (χ0n) is 13.5. The van der Waals surface area contributed by atoms with Crippen molar-refractivity contribution in [3.63, 3.8) is 0 Å². The second-order valence-corrected chi connectivity index (χ2v) is 7.31. The van der Waals surface area contributed by atoms with E-state index in [2.05, 4.69) is 59.7 Å². The van der Waals surface area contributed by atoms with Crippen LogP contribution in [0.25, 0.3) is 0 Å². The summed E-state index contributed by atoms with van der Waals surface area (Å²) in [7, 11) is 0. The lowest BCUT2D eigenvalue weighted by molar-refractivity contribution is 0.328. The first-order valence-electron chi connectivity index (χ1n) is 7.67. The highest BCUT2D eigenvalue weighted by Gasteiger charge is 2.27. The highest BCUT2D eigenvalue weighted by molar-refractivity contribution is 5.19. The molecule has 1 aliphatic carbocycles. The number of hydrogen-bond acceptors (Lipinski definition) is 4. The minimum atomic E-state index is -0.110. The van der Waals surface area contributed by atoms with Crippen LogP contribution in [0.5, 0.6) is 0 Å². The monoisotopic (exact) mass is 288 g/mol. The fourth-order valence-electron chi connectivity index (χ4n) is 2.98. The minimum Gasteiger partial charge on any atom is -0.327 e. The lowest BCUT2D eigenvalue weighted by Crippen LogP contribution is -2.27. The second-order valence-electron chi connectivity index (χ2n) is 7.31. The van der Waals surface area contributed by atoms with Gasteiger partial charge in [0.2, 0.25) is 0 Å². The standard InChI is InChI=1S/C15H24N6/c1-10-6-12-13(7-11(10)2)20(9-16-12)8-14-17-18-19-21(14)15(3,4)5/h9-11H,6-8H2,1-5H3. The molecule has 2 aromatic heterocycles. The smallest absolute Gasteiger partial charge is 0.171 e. The molecule has 0 aliphatic heterocycles. The van der Waals surface area contributed by atoms with E-state index >= 15 is 0 Å². The molecule has 0 amide bonds. The first-order valence-corrected chi connectivity index (χ1v) is 7.67. The fraction of sp³-hybridized carbons (Fsp3) is 0.733. The molecule has 2 unspecified atom stereocenters. The number of tetrazole rings is 1. The first-order chi connectivity index (χ1) is 9.86. The van der Waals surface area contributed by atoms with Crippen molar-refractivity contribution in [2.75, 3.05) is 0 Å². The van der Waals surface area contributed by atoms with Gasteiger partial charge < -0.3 is 4.57 Å². The average Bonchev–Trinajstić information content (AvgIpc) is 2.99. The van der Waals surface area contributed by atoms with Crippen molar-refractivity contribution in [3.8, 4) is 0 Å². The van der Waals surface area contributed by atoms with Gasteiger partial charge in [-0.15, -0.1) is 5.10 Å². The van der Waals surface area contributed by atoms with Crippen molar-refractivity contribution in [3.05, 3.63) is 23.5 Å². The Labute approximate surface area is 125 Å². The van der Waals surface area contributed by atoms with Crippen LogP contribution >= 0.6 is 0 Å². The molecule has 0 N–H and O–H groups in total. The molecule has 0 aromatic carbocycles. The molecule has 0 radical (unpaired) electrons. The maximum atomic E-state index is 4.60. The predicted molar refractivity (Wildman–Crippen MR) is 79.9 cm³/mol. The molecule has 6 heteroatoms. The molecule has 0 spiro atoms. The van der Waals surface area contributed by atoms with E-state index in [0.29, 0.717) is 18.4 Å². The molecule has 6 nitrogen and oxygen atoms in total.